The molecule has 3 aromatic rings. The topological polar surface area (TPSA) is 63.4 Å². The first-order valence-corrected chi connectivity index (χ1v) is 10.8. The van der Waals surface area contributed by atoms with E-state index in [9.17, 15) is 8.42 Å². The minimum atomic E-state index is -3.45. The van der Waals surface area contributed by atoms with Crippen molar-refractivity contribution < 1.29 is 12.9 Å². The van der Waals surface area contributed by atoms with Gasteiger partial charge in [0, 0.05) is 24.2 Å². The van der Waals surface area contributed by atoms with E-state index >= 15 is 0 Å². The smallest absolute Gasteiger partial charge is 0.221 e. The molecule has 1 saturated heterocycles. The minimum absolute atomic E-state index is 0.00825. The summed E-state index contributed by atoms with van der Waals surface area (Å²) in [6.07, 6.45) is 2.52. The molecular weight excluding hydrogens is 360 g/mol. The van der Waals surface area contributed by atoms with Gasteiger partial charge >= 0.3 is 0 Å². The lowest BCUT2D eigenvalue weighted by Gasteiger charge is -2.23. The highest BCUT2D eigenvalue weighted by Gasteiger charge is 2.35. The summed E-state index contributed by atoms with van der Waals surface area (Å²) in [5.41, 5.74) is 2.73. The molecular formula is C21H22N2O3S. The van der Waals surface area contributed by atoms with Gasteiger partial charge in [0.25, 0.3) is 0 Å². The van der Waals surface area contributed by atoms with E-state index in [1.807, 2.05) is 60.7 Å². The summed E-state index contributed by atoms with van der Waals surface area (Å²) in [4.78, 5) is 0. The fourth-order valence-electron chi connectivity index (χ4n) is 3.65. The normalized spacial score (nSPS) is 18.0. The fourth-order valence-corrected chi connectivity index (χ4v) is 5.36. The molecule has 0 N–H and O–H groups in total. The van der Waals surface area contributed by atoms with Crippen molar-refractivity contribution in [3.63, 3.8) is 0 Å². The highest BCUT2D eigenvalue weighted by Crippen LogP contribution is 2.27. The Morgan fingerprint density at radius 3 is 2.48 bits per heavy atom. The SMILES string of the molecule is O=S(=O)(Cc1cc(-c2ccccc2)no1)N1CCCC1Cc1ccccc1. The van der Waals surface area contributed by atoms with Gasteiger partial charge in [-0.25, -0.2) is 8.42 Å². The molecule has 1 unspecified atom stereocenters. The Balaban J connectivity index is 1.49. The zero-order chi connectivity index (χ0) is 18.7. The average molecular weight is 382 g/mol. The molecule has 1 aromatic heterocycles. The number of hydrogen-bond acceptors (Lipinski definition) is 4. The van der Waals surface area contributed by atoms with Gasteiger partial charge in [0.1, 0.15) is 11.4 Å². The number of rotatable bonds is 6. The Kier molecular flexibility index (Phi) is 5.09. The van der Waals surface area contributed by atoms with Gasteiger partial charge in [0.2, 0.25) is 10.0 Å². The number of sulfonamides is 1. The van der Waals surface area contributed by atoms with Crippen LogP contribution < -0.4 is 0 Å². The summed E-state index contributed by atoms with van der Waals surface area (Å²) < 4.78 is 32.9. The van der Waals surface area contributed by atoms with Crippen molar-refractivity contribution >= 4 is 10.0 Å². The van der Waals surface area contributed by atoms with Crippen molar-refractivity contribution in [1.82, 2.24) is 9.46 Å². The van der Waals surface area contributed by atoms with Crippen LogP contribution >= 0.6 is 0 Å². The molecule has 0 radical (unpaired) electrons. The average Bonchev–Trinajstić information content (AvgIpc) is 3.33. The molecule has 2 aromatic carbocycles. The molecule has 0 bridgehead atoms. The summed E-state index contributed by atoms with van der Waals surface area (Å²) in [5.74, 6) is 0.220. The molecule has 1 aliphatic heterocycles. The number of hydrogen-bond donors (Lipinski definition) is 0. The molecule has 1 aliphatic rings. The Hall–Kier alpha value is -2.44. The van der Waals surface area contributed by atoms with E-state index in [-0.39, 0.29) is 11.8 Å². The van der Waals surface area contributed by atoms with Crippen LogP contribution in [0.3, 0.4) is 0 Å². The van der Waals surface area contributed by atoms with E-state index in [0.717, 1.165) is 30.4 Å². The van der Waals surface area contributed by atoms with Gasteiger partial charge in [-0.3, -0.25) is 0 Å². The zero-order valence-electron chi connectivity index (χ0n) is 15.0. The molecule has 27 heavy (non-hydrogen) atoms. The minimum Gasteiger partial charge on any atom is -0.360 e. The van der Waals surface area contributed by atoms with Crippen LogP contribution in [0.2, 0.25) is 0 Å². The van der Waals surface area contributed by atoms with E-state index in [0.29, 0.717) is 18.0 Å². The Labute approximate surface area is 159 Å². The lowest BCUT2D eigenvalue weighted by Crippen LogP contribution is -2.37. The predicted molar refractivity (Wildman–Crippen MR) is 104 cm³/mol. The lowest BCUT2D eigenvalue weighted by molar-refractivity contribution is 0.370. The van der Waals surface area contributed by atoms with Crippen LogP contribution in [0.25, 0.3) is 11.3 Å². The fraction of sp³-hybridized carbons (Fsp3) is 0.286. The van der Waals surface area contributed by atoms with Crippen molar-refractivity contribution in [2.75, 3.05) is 6.54 Å². The molecule has 0 spiro atoms. The predicted octanol–water partition coefficient (Wildman–Crippen LogP) is 3.88. The van der Waals surface area contributed by atoms with Gasteiger partial charge in [-0.2, -0.15) is 4.31 Å². The summed E-state index contributed by atoms with van der Waals surface area (Å²) in [6.45, 7) is 0.569. The van der Waals surface area contributed by atoms with Gasteiger partial charge < -0.3 is 4.52 Å². The van der Waals surface area contributed by atoms with Gasteiger partial charge in [-0.15, -0.1) is 0 Å². The van der Waals surface area contributed by atoms with Crippen LogP contribution in [-0.4, -0.2) is 30.5 Å². The molecule has 140 valence electrons. The van der Waals surface area contributed by atoms with Gasteiger partial charge in [-0.05, 0) is 24.8 Å². The second-order valence-corrected chi connectivity index (χ2v) is 8.82. The van der Waals surface area contributed by atoms with E-state index in [1.54, 1.807) is 10.4 Å². The van der Waals surface area contributed by atoms with Crippen LogP contribution in [0.5, 0.6) is 0 Å². The van der Waals surface area contributed by atoms with Crippen LogP contribution in [-0.2, 0) is 22.2 Å². The van der Waals surface area contributed by atoms with Crippen LogP contribution in [0.15, 0.2) is 71.3 Å². The summed E-state index contributed by atoms with van der Waals surface area (Å²) in [7, 11) is -3.45. The van der Waals surface area contributed by atoms with Crippen molar-refractivity contribution in [1.29, 1.82) is 0 Å². The highest BCUT2D eigenvalue weighted by molar-refractivity contribution is 7.88. The lowest BCUT2D eigenvalue weighted by atomic mass is 10.1. The third-order valence-electron chi connectivity index (χ3n) is 4.95. The first-order valence-electron chi connectivity index (χ1n) is 9.16. The maximum Gasteiger partial charge on any atom is 0.221 e. The molecule has 4 rings (SSSR count). The van der Waals surface area contributed by atoms with Gasteiger partial charge in [0.15, 0.2) is 5.76 Å². The quantitative estimate of drug-likeness (QED) is 0.649. The van der Waals surface area contributed by atoms with Crippen molar-refractivity contribution in [2.24, 2.45) is 0 Å². The first-order chi connectivity index (χ1) is 13.1. The number of aromatic nitrogens is 1. The molecule has 6 heteroatoms. The monoisotopic (exact) mass is 382 g/mol. The summed E-state index contributed by atoms with van der Waals surface area (Å²) >= 11 is 0. The maximum absolute atomic E-state index is 13.0. The van der Waals surface area contributed by atoms with E-state index < -0.39 is 10.0 Å². The summed E-state index contributed by atoms with van der Waals surface area (Å²) in [6, 6.07) is 21.4. The second-order valence-electron chi connectivity index (χ2n) is 6.90. The largest absolute Gasteiger partial charge is 0.360 e. The van der Waals surface area contributed by atoms with E-state index in [4.69, 9.17) is 4.52 Å². The van der Waals surface area contributed by atoms with Gasteiger partial charge in [0.05, 0.1) is 0 Å². The second kappa shape index (κ2) is 7.66. The molecule has 0 amide bonds. The molecule has 2 heterocycles. The summed E-state index contributed by atoms with van der Waals surface area (Å²) in [5, 5.41) is 4.03. The maximum atomic E-state index is 13.0. The van der Waals surface area contributed by atoms with Crippen LogP contribution in [0.4, 0.5) is 0 Å². The van der Waals surface area contributed by atoms with Crippen molar-refractivity contribution in [2.45, 2.75) is 31.1 Å². The molecule has 0 saturated carbocycles. The third-order valence-corrected chi connectivity index (χ3v) is 6.79. The highest BCUT2D eigenvalue weighted by atomic mass is 32.2. The number of nitrogens with zero attached hydrogens (tertiary/aromatic N) is 2. The van der Waals surface area contributed by atoms with Crippen molar-refractivity contribution in [3.8, 4) is 11.3 Å². The Morgan fingerprint density at radius 2 is 1.74 bits per heavy atom. The number of benzene rings is 2. The van der Waals surface area contributed by atoms with Crippen molar-refractivity contribution in [3.05, 3.63) is 78.1 Å². The standard InChI is InChI=1S/C21H22N2O3S/c24-27(25,16-20-15-21(22-26-20)18-10-5-2-6-11-18)23-13-7-12-19(23)14-17-8-3-1-4-9-17/h1-6,8-11,15,19H,7,12-14,16H2. The zero-order valence-corrected chi connectivity index (χ0v) is 15.8. The molecule has 5 nitrogen and oxygen atoms in total. The van der Waals surface area contributed by atoms with Crippen LogP contribution in [0, 0.1) is 0 Å². The van der Waals surface area contributed by atoms with E-state index in [2.05, 4.69) is 5.16 Å². The van der Waals surface area contributed by atoms with Gasteiger partial charge in [-0.1, -0.05) is 65.8 Å². The van der Waals surface area contributed by atoms with E-state index in [1.165, 1.54) is 0 Å². The van der Waals surface area contributed by atoms with Crippen LogP contribution in [0.1, 0.15) is 24.2 Å². The molecule has 0 aliphatic carbocycles. The Bertz CT molecular complexity index is 985. The first kappa shape index (κ1) is 17.9. The molecule has 1 atom stereocenters. The Morgan fingerprint density at radius 1 is 1.04 bits per heavy atom. The third kappa shape index (κ3) is 4.12. The molecule has 1 fully saturated rings.